The molecule has 5 nitrogen and oxygen atoms in total. The second-order valence-electron chi connectivity index (χ2n) is 4.99. The highest BCUT2D eigenvalue weighted by molar-refractivity contribution is 5.29. The summed E-state index contributed by atoms with van der Waals surface area (Å²) < 4.78 is 3.96. The number of hydrogen-bond donors (Lipinski definition) is 1. The number of aryl methyl sites for hydroxylation is 1. The van der Waals surface area contributed by atoms with Crippen molar-refractivity contribution < 1.29 is 0 Å². The van der Waals surface area contributed by atoms with E-state index in [4.69, 9.17) is 0 Å². The molecule has 1 saturated carbocycles. The summed E-state index contributed by atoms with van der Waals surface area (Å²) >= 11 is 0. The Balaban J connectivity index is 1.70. The third-order valence-corrected chi connectivity index (χ3v) is 3.51. The number of aromatic nitrogens is 4. The van der Waals surface area contributed by atoms with Crippen LogP contribution in [-0.4, -0.2) is 25.4 Å². The molecular formula is C13H19N5. The zero-order valence-electron chi connectivity index (χ0n) is 10.7. The lowest BCUT2D eigenvalue weighted by Gasteiger charge is -2.14. The van der Waals surface area contributed by atoms with Gasteiger partial charge in [-0.1, -0.05) is 12.8 Å². The smallest absolute Gasteiger partial charge is 0.203 e. The van der Waals surface area contributed by atoms with Crippen LogP contribution in [0.15, 0.2) is 24.7 Å². The van der Waals surface area contributed by atoms with E-state index in [2.05, 4.69) is 20.0 Å². The molecule has 0 spiro atoms. The highest BCUT2D eigenvalue weighted by Gasteiger charge is 2.16. The standard InChI is InChI=1S/C13H19N5/c1-17-8-6-12(16-17)10-18-9-7-14-13(18)15-11-4-2-3-5-11/h6-9,11H,2-5,10H2,1H3,(H,14,15). The van der Waals surface area contributed by atoms with E-state index < -0.39 is 0 Å². The van der Waals surface area contributed by atoms with Crippen LogP contribution in [0.2, 0.25) is 0 Å². The molecule has 2 aromatic rings. The van der Waals surface area contributed by atoms with E-state index in [9.17, 15) is 0 Å². The van der Waals surface area contributed by atoms with Gasteiger partial charge in [-0.15, -0.1) is 0 Å². The second-order valence-corrected chi connectivity index (χ2v) is 4.99. The molecule has 1 aliphatic rings. The van der Waals surface area contributed by atoms with Crippen LogP contribution in [0.1, 0.15) is 31.4 Å². The monoisotopic (exact) mass is 245 g/mol. The first-order valence-electron chi connectivity index (χ1n) is 6.57. The molecule has 1 N–H and O–H groups in total. The predicted octanol–water partition coefficient (Wildman–Crippen LogP) is 2.02. The average Bonchev–Trinajstić information content (AvgIpc) is 3.05. The number of nitrogens with zero attached hydrogens (tertiary/aromatic N) is 4. The predicted molar refractivity (Wildman–Crippen MR) is 70.4 cm³/mol. The Labute approximate surface area is 107 Å². The van der Waals surface area contributed by atoms with Gasteiger partial charge in [0, 0.05) is 31.7 Å². The van der Waals surface area contributed by atoms with E-state index in [1.807, 2.05) is 36.4 Å². The van der Waals surface area contributed by atoms with E-state index >= 15 is 0 Å². The molecular weight excluding hydrogens is 226 g/mol. The Kier molecular flexibility index (Phi) is 3.04. The van der Waals surface area contributed by atoms with Crippen LogP contribution in [0, 0.1) is 0 Å². The topological polar surface area (TPSA) is 47.7 Å². The van der Waals surface area contributed by atoms with Crippen LogP contribution in [-0.2, 0) is 13.6 Å². The Morgan fingerprint density at radius 2 is 2.17 bits per heavy atom. The molecule has 0 bridgehead atoms. The van der Waals surface area contributed by atoms with E-state index in [0.717, 1.165) is 18.2 Å². The lowest BCUT2D eigenvalue weighted by Crippen LogP contribution is -2.18. The van der Waals surface area contributed by atoms with Crippen LogP contribution in [0.3, 0.4) is 0 Å². The average molecular weight is 245 g/mol. The maximum atomic E-state index is 4.40. The molecule has 1 fully saturated rings. The van der Waals surface area contributed by atoms with Gasteiger partial charge in [-0.2, -0.15) is 5.10 Å². The van der Waals surface area contributed by atoms with Crippen molar-refractivity contribution in [1.82, 2.24) is 19.3 Å². The zero-order valence-corrected chi connectivity index (χ0v) is 10.7. The van der Waals surface area contributed by atoms with Gasteiger partial charge in [0.05, 0.1) is 12.2 Å². The van der Waals surface area contributed by atoms with Crippen molar-refractivity contribution in [3.63, 3.8) is 0 Å². The van der Waals surface area contributed by atoms with E-state index in [1.54, 1.807) is 0 Å². The van der Waals surface area contributed by atoms with Gasteiger partial charge < -0.3 is 9.88 Å². The molecule has 0 radical (unpaired) electrons. The Morgan fingerprint density at radius 3 is 2.89 bits per heavy atom. The summed E-state index contributed by atoms with van der Waals surface area (Å²) in [4.78, 5) is 4.40. The van der Waals surface area contributed by atoms with Crippen LogP contribution in [0.5, 0.6) is 0 Å². The Bertz CT molecular complexity index is 507. The first kappa shape index (κ1) is 11.3. The fourth-order valence-corrected chi connectivity index (χ4v) is 2.55. The first-order valence-corrected chi connectivity index (χ1v) is 6.57. The van der Waals surface area contributed by atoms with Gasteiger partial charge in [-0.05, 0) is 18.9 Å². The van der Waals surface area contributed by atoms with Gasteiger partial charge >= 0.3 is 0 Å². The molecule has 0 unspecified atom stereocenters. The maximum absolute atomic E-state index is 4.40. The molecule has 5 heteroatoms. The van der Waals surface area contributed by atoms with Crippen molar-refractivity contribution in [1.29, 1.82) is 0 Å². The molecule has 0 aromatic carbocycles. The molecule has 3 rings (SSSR count). The number of imidazole rings is 1. The molecule has 0 amide bonds. The van der Waals surface area contributed by atoms with Gasteiger partial charge in [0.15, 0.2) is 0 Å². The van der Waals surface area contributed by atoms with Crippen molar-refractivity contribution in [2.45, 2.75) is 38.3 Å². The van der Waals surface area contributed by atoms with Crippen LogP contribution < -0.4 is 5.32 Å². The summed E-state index contributed by atoms with van der Waals surface area (Å²) in [5, 5.41) is 7.93. The summed E-state index contributed by atoms with van der Waals surface area (Å²) in [6.45, 7) is 0.774. The van der Waals surface area contributed by atoms with Gasteiger partial charge in [0.25, 0.3) is 0 Å². The number of nitrogens with one attached hydrogen (secondary N) is 1. The Hall–Kier alpha value is -1.78. The minimum absolute atomic E-state index is 0.592. The largest absolute Gasteiger partial charge is 0.353 e. The summed E-state index contributed by atoms with van der Waals surface area (Å²) in [7, 11) is 1.94. The molecule has 2 aromatic heterocycles. The van der Waals surface area contributed by atoms with Gasteiger partial charge in [0.2, 0.25) is 5.95 Å². The summed E-state index contributed by atoms with van der Waals surface area (Å²) in [6, 6.07) is 2.63. The summed E-state index contributed by atoms with van der Waals surface area (Å²) in [6.07, 6.45) is 11.0. The van der Waals surface area contributed by atoms with Gasteiger partial charge in [-0.3, -0.25) is 4.68 Å². The fraction of sp³-hybridized carbons (Fsp3) is 0.538. The molecule has 18 heavy (non-hydrogen) atoms. The molecule has 0 atom stereocenters. The van der Waals surface area contributed by atoms with Crippen molar-refractivity contribution in [3.05, 3.63) is 30.4 Å². The molecule has 2 heterocycles. The van der Waals surface area contributed by atoms with Crippen LogP contribution >= 0.6 is 0 Å². The molecule has 0 saturated heterocycles. The lowest BCUT2D eigenvalue weighted by atomic mass is 10.2. The van der Waals surface area contributed by atoms with Crippen molar-refractivity contribution in [2.75, 3.05) is 5.32 Å². The normalized spacial score (nSPS) is 16.3. The quantitative estimate of drug-likeness (QED) is 0.896. The van der Waals surface area contributed by atoms with Crippen LogP contribution in [0.4, 0.5) is 5.95 Å². The summed E-state index contributed by atoms with van der Waals surface area (Å²) in [5.41, 5.74) is 1.06. The molecule has 96 valence electrons. The minimum atomic E-state index is 0.592. The fourth-order valence-electron chi connectivity index (χ4n) is 2.55. The second kappa shape index (κ2) is 4.84. The maximum Gasteiger partial charge on any atom is 0.203 e. The summed E-state index contributed by atoms with van der Waals surface area (Å²) in [5.74, 6) is 0.965. The SMILES string of the molecule is Cn1ccc(Cn2ccnc2NC2CCCC2)n1. The van der Waals surface area contributed by atoms with Crippen molar-refractivity contribution >= 4 is 5.95 Å². The van der Waals surface area contributed by atoms with Gasteiger partial charge in [0.1, 0.15) is 0 Å². The highest BCUT2D eigenvalue weighted by Crippen LogP contribution is 2.21. The first-order chi connectivity index (χ1) is 8.81. The van der Waals surface area contributed by atoms with Crippen molar-refractivity contribution in [3.8, 4) is 0 Å². The third-order valence-electron chi connectivity index (χ3n) is 3.51. The zero-order chi connectivity index (χ0) is 12.4. The van der Waals surface area contributed by atoms with Crippen LogP contribution in [0.25, 0.3) is 0 Å². The minimum Gasteiger partial charge on any atom is -0.353 e. The van der Waals surface area contributed by atoms with Crippen molar-refractivity contribution in [2.24, 2.45) is 7.05 Å². The Morgan fingerprint density at radius 1 is 1.33 bits per heavy atom. The van der Waals surface area contributed by atoms with E-state index in [1.165, 1.54) is 25.7 Å². The van der Waals surface area contributed by atoms with E-state index in [-0.39, 0.29) is 0 Å². The number of rotatable bonds is 4. The van der Waals surface area contributed by atoms with Gasteiger partial charge in [-0.25, -0.2) is 4.98 Å². The molecule has 0 aliphatic heterocycles. The number of hydrogen-bond acceptors (Lipinski definition) is 3. The highest BCUT2D eigenvalue weighted by atomic mass is 15.3. The third kappa shape index (κ3) is 2.39. The number of anilines is 1. The van der Waals surface area contributed by atoms with E-state index in [0.29, 0.717) is 6.04 Å². The molecule has 1 aliphatic carbocycles. The lowest BCUT2D eigenvalue weighted by molar-refractivity contribution is 0.689.